The predicted molar refractivity (Wildman–Crippen MR) is 107 cm³/mol. The number of hydrogen-bond acceptors (Lipinski definition) is 5. The fourth-order valence-corrected chi connectivity index (χ4v) is 5.16. The van der Waals surface area contributed by atoms with Crippen LogP contribution in [0.3, 0.4) is 0 Å². The highest BCUT2D eigenvalue weighted by molar-refractivity contribution is 7.19. The molecule has 132 valence electrons. The fourth-order valence-electron chi connectivity index (χ4n) is 3.68. The molecule has 0 fully saturated rings. The lowest BCUT2D eigenvalue weighted by atomic mass is 9.97. The lowest BCUT2D eigenvalue weighted by Crippen LogP contribution is -2.09. The van der Waals surface area contributed by atoms with Crippen LogP contribution in [-0.4, -0.2) is 26.5 Å². The Morgan fingerprint density at radius 2 is 2.00 bits per heavy atom. The van der Waals surface area contributed by atoms with Crippen molar-refractivity contribution in [3.63, 3.8) is 0 Å². The van der Waals surface area contributed by atoms with Crippen molar-refractivity contribution in [1.82, 2.24) is 19.9 Å². The van der Waals surface area contributed by atoms with E-state index in [0.29, 0.717) is 5.28 Å². The van der Waals surface area contributed by atoms with Crippen molar-refractivity contribution >= 4 is 50.0 Å². The van der Waals surface area contributed by atoms with Gasteiger partial charge in [0.1, 0.15) is 16.5 Å². The van der Waals surface area contributed by atoms with Crippen molar-refractivity contribution < 1.29 is 0 Å². The van der Waals surface area contributed by atoms with Crippen molar-refractivity contribution in [3.05, 3.63) is 45.8 Å². The molecule has 0 spiro atoms. The van der Waals surface area contributed by atoms with Crippen LogP contribution in [0.4, 0.5) is 5.82 Å². The molecule has 0 bridgehead atoms. The normalized spacial score (nSPS) is 14.0. The van der Waals surface area contributed by atoms with Gasteiger partial charge in [0.2, 0.25) is 5.28 Å². The summed E-state index contributed by atoms with van der Waals surface area (Å²) in [7, 11) is 0. The maximum atomic E-state index is 6.16. The molecule has 0 atom stereocenters. The van der Waals surface area contributed by atoms with E-state index in [-0.39, 0.29) is 0 Å². The minimum absolute atomic E-state index is 0.308. The van der Waals surface area contributed by atoms with E-state index in [1.165, 1.54) is 28.7 Å². The Kier molecular flexibility index (Phi) is 4.02. The molecule has 0 amide bonds. The number of imidazole rings is 1. The minimum Gasteiger partial charge on any atom is -0.369 e. The van der Waals surface area contributed by atoms with Gasteiger partial charge in [0.05, 0.1) is 16.4 Å². The van der Waals surface area contributed by atoms with E-state index in [9.17, 15) is 0 Å². The van der Waals surface area contributed by atoms with E-state index in [0.717, 1.165) is 53.3 Å². The summed E-state index contributed by atoms with van der Waals surface area (Å²) in [6.07, 6.45) is 5.55. The summed E-state index contributed by atoms with van der Waals surface area (Å²) >= 11 is 7.93. The second kappa shape index (κ2) is 6.52. The first-order valence-electron chi connectivity index (χ1n) is 8.93. The number of fused-ring (bicyclic) bond motifs is 4. The van der Waals surface area contributed by atoms with Crippen LogP contribution in [0.15, 0.2) is 24.3 Å². The highest BCUT2D eigenvalue weighted by Crippen LogP contribution is 2.39. The molecular formula is C19H18ClN5S. The molecule has 3 aromatic heterocycles. The number of aromatic nitrogens is 4. The molecule has 1 aliphatic carbocycles. The Morgan fingerprint density at radius 1 is 1.12 bits per heavy atom. The first kappa shape index (κ1) is 16.0. The average Bonchev–Trinajstić information content (AvgIpc) is 3.21. The van der Waals surface area contributed by atoms with Crippen LogP contribution < -0.4 is 5.32 Å². The highest BCUT2D eigenvalue weighted by atomic mass is 35.5. The minimum atomic E-state index is 0.308. The molecule has 0 radical (unpaired) electrons. The van der Waals surface area contributed by atoms with Crippen LogP contribution in [0.2, 0.25) is 5.28 Å². The molecule has 4 aromatic rings. The standard InChI is InChI=1S/C19H18ClN5S/c20-19-24-17(16-11-5-1-4-8-14(11)26-18(16)25-19)21-10-9-15-22-12-6-2-3-7-13(12)23-15/h2-3,6-7H,1,4-5,8-10H2,(H,22,23)(H,21,24,25). The monoisotopic (exact) mass is 383 g/mol. The van der Waals surface area contributed by atoms with Gasteiger partial charge in [0, 0.05) is 17.8 Å². The van der Waals surface area contributed by atoms with Crippen molar-refractivity contribution in [1.29, 1.82) is 0 Å². The van der Waals surface area contributed by atoms with Crippen LogP contribution in [0.5, 0.6) is 0 Å². The second-order valence-electron chi connectivity index (χ2n) is 6.61. The van der Waals surface area contributed by atoms with E-state index in [4.69, 9.17) is 11.6 Å². The number of hydrogen-bond donors (Lipinski definition) is 2. The first-order chi connectivity index (χ1) is 12.8. The Hall–Kier alpha value is -2.18. The summed E-state index contributed by atoms with van der Waals surface area (Å²) < 4.78 is 0. The van der Waals surface area contributed by atoms with Crippen molar-refractivity contribution in [3.8, 4) is 0 Å². The lowest BCUT2D eigenvalue weighted by molar-refractivity contribution is 0.700. The molecule has 2 N–H and O–H groups in total. The number of thiophene rings is 1. The lowest BCUT2D eigenvalue weighted by Gasteiger charge is -2.12. The van der Waals surface area contributed by atoms with Crippen LogP contribution >= 0.6 is 22.9 Å². The van der Waals surface area contributed by atoms with Gasteiger partial charge in [-0.15, -0.1) is 11.3 Å². The van der Waals surface area contributed by atoms with Gasteiger partial charge in [-0.05, 0) is 55.0 Å². The van der Waals surface area contributed by atoms with Gasteiger partial charge >= 0.3 is 0 Å². The largest absolute Gasteiger partial charge is 0.369 e. The zero-order chi connectivity index (χ0) is 17.5. The van der Waals surface area contributed by atoms with Crippen molar-refractivity contribution in [2.45, 2.75) is 32.1 Å². The summed E-state index contributed by atoms with van der Waals surface area (Å²) in [4.78, 5) is 19.4. The van der Waals surface area contributed by atoms with Gasteiger partial charge in [-0.1, -0.05) is 12.1 Å². The molecular weight excluding hydrogens is 366 g/mol. The summed E-state index contributed by atoms with van der Waals surface area (Å²) in [5, 5.41) is 4.94. The van der Waals surface area contributed by atoms with Gasteiger partial charge in [-0.3, -0.25) is 0 Å². The first-order valence-corrected chi connectivity index (χ1v) is 10.1. The van der Waals surface area contributed by atoms with Gasteiger partial charge in [0.25, 0.3) is 0 Å². The molecule has 0 unspecified atom stereocenters. The molecule has 1 aromatic carbocycles. The highest BCUT2D eigenvalue weighted by Gasteiger charge is 2.20. The number of halogens is 1. The number of benzene rings is 1. The van der Waals surface area contributed by atoms with Crippen LogP contribution in [0.1, 0.15) is 29.1 Å². The van der Waals surface area contributed by atoms with Crippen LogP contribution in [-0.2, 0) is 19.3 Å². The smallest absolute Gasteiger partial charge is 0.225 e. The zero-order valence-electron chi connectivity index (χ0n) is 14.2. The molecule has 5 nitrogen and oxygen atoms in total. The van der Waals surface area contributed by atoms with E-state index in [1.54, 1.807) is 11.3 Å². The Bertz CT molecular complexity index is 1070. The number of aryl methyl sites for hydroxylation is 2. The molecule has 0 aliphatic heterocycles. The van der Waals surface area contributed by atoms with E-state index in [1.807, 2.05) is 24.3 Å². The number of nitrogens with one attached hydrogen (secondary N) is 2. The van der Waals surface area contributed by atoms with Crippen molar-refractivity contribution in [2.75, 3.05) is 11.9 Å². The Balaban J connectivity index is 1.41. The summed E-state index contributed by atoms with van der Waals surface area (Å²) in [5.74, 6) is 1.83. The number of nitrogens with zero attached hydrogens (tertiary/aromatic N) is 3. The van der Waals surface area contributed by atoms with Gasteiger partial charge in [-0.2, -0.15) is 0 Å². The maximum Gasteiger partial charge on any atom is 0.225 e. The number of H-pyrrole nitrogens is 1. The van der Waals surface area contributed by atoms with E-state index < -0.39 is 0 Å². The molecule has 0 saturated carbocycles. The molecule has 26 heavy (non-hydrogen) atoms. The van der Waals surface area contributed by atoms with Crippen molar-refractivity contribution in [2.24, 2.45) is 0 Å². The van der Waals surface area contributed by atoms with Crippen LogP contribution in [0.25, 0.3) is 21.3 Å². The Morgan fingerprint density at radius 3 is 2.92 bits per heavy atom. The summed E-state index contributed by atoms with van der Waals surface area (Å²) in [5.41, 5.74) is 3.49. The third-order valence-corrected chi connectivity index (χ3v) is 6.23. The number of aromatic amines is 1. The SMILES string of the molecule is Clc1nc(NCCc2nc3ccccc3[nH]2)c2c3c(sc2n1)CCCC3. The molecule has 3 heterocycles. The van der Waals surface area contributed by atoms with Gasteiger partial charge in [0.15, 0.2) is 0 Å². The van der Waals surface area contributed by atoms with Gasteiger partial charge < -0.3 is 10.3 Å². The predicted octanol–water partition coefficient (Wildman–Crippen LogP) is 4.75. The van der Waals surface area contributed by atoms with E-state index >= 15 is 0 Å². The number of para-hydroxylation sites is 2. The maximum absolute atomic E-state index is 6.16. The number of rotatable bonds is 4. The molecule has 1 aliphatic rings. The third kappa shape index (κ3) is 2.83. The fraction of sp³-hybridized carbons (Fsp3) is 0.316. The average molecular weight is 384 g/mol. The summed E-state index contributed by atoms with van der Waals surface area (Å²) in [6.45, 7) is 0.743. The van der Waals surface area contributed by atoms with Crippen LogP contribution in [0, 0.1) is 0 Å². The molecule has 5 rings (SSSR count). The molecule has 0 saturated heterocycles. The molecule has 7 heteroatoms. The third-order valence-electron chi connectivity index (χ3n) is 4.88. The zero-order valence-corrected chi connectivity index (χ0v) is 15.8. The van der Waals surface area contributed by atoms with E-state index in [2.05, 4.69) is 25.3 Å². The second-order valence-corrected chi connectivity index (χ2v) is 8.03. The Labute approximate surface area is 159 Å². The quantitative estimate of drug-likeness (QED) is 0.499. The number of anilines is 1. The topological polar surface area (TPSA) is 66.5 Å². The summed E-state index contributed by atoms with van der Waals surface area (Å²) in [6, 6.07) is 8.09. The van der Waals surface area contributed by atoms with Gasteiger partial charge in [-0.25, -0.2) is 15.0 Å².